The van der Waals surface area contributed by atoms with Crippen LogP contribution in [-0.4, -0.2) is 17.1 Å². The van der Waals surface area contributed by atoms with Crippen molar-refractivity contribution in [3.8, 4) is 0 Å². The summed E-state index contributed by atoms with van der Waals surface area (Å²) in [5, 5.41) is 6.97. The molecular weight excluding hydrogens is 284 g/mol. The fourth-order valence-corrected chi connectivity index (χ4v) is 3.61. The van der Waals surface area contributed by atoms with Crippen LogP contribution < -0.4 is 0 Å². The number of aryl methyl sites for hydroxylation is 1. The lowest BCUT2D eigenvalue weighted by atomic mass is 9.96. The van der Waals surface area contributed by atoms with Gasteiger partial charge in [-0.3, -0.25) is 4.90 Å². The van der Waals surface area contributed by atoms with Gasteiger partial charge in [0.15, 0.2) is 0 Å². The molecule has 1 heterocycles. The molecular formula is C20H22N2O. The van der Waals surface area contributed by atoms with Gasteiger partial charge in [-0.05, 0) is 42.6 Å². The first-order valence-electron chi connectivity index (χ1n) is 8.43. The highest BCUT2D eigenvalue weighted by Crippen LogP contribution is 2.26. The molecule has 3 aromatic rings. The summed E-state index contributed by atoms with van der Waals surface area (Å²) in [6, 6.07) is 15.1. The van der Waals surface area contributed by atoms with Crippen LogP contribution in [0.4, 0.5) is 0 Å². The van der Waals surface area contributed by atoms with E-state index in [9.17, 15) is 0 Å². The first kappa shape index (κ1) is 14.5. The number of rotatable bonds is 4. The van der Waals surface area contributed by atoms with E-state index in [1.54, 1.807) is 0 Å². The largest absolute Gasteiger partial charge is 0.361 e. The summed E-state index contributed by atoms with van der Waals surface area (Å²) >= 11 is 0. The molecule has 23 heavy (non-hydrogen) atoms. The maximum Gasteiger partial charge on any atom is 0.140 e. The minimum atomic E-state index is 0.849. The number of hydrogen-bond donors (Lipinski definition) is 0. The fraction of sp³-hybridized carbons (Fsp3) is 0.350. The van der Waals surface area contributed by atoms with Crippen LogP contribution in [0.5, 0.6) is 0 Å². The van der Waals surface area contributed by atoms with E-state index < -0.39 is 0 Å². The molecule has 1 aliphatic carbocycles. The molecule has 0 bridgehead atoms. The van der Waals surface area contributed by atoms with Crippen LogP contribution >= 0.6 is 0 Å². The lowest BCUT2D eigenvalue weighted by Crippen LogP contribution is -2.19. The molecule has 3 heteroatoms. The Bertz CT molecular complexity index is 816. The molecule has 0 N–H and O–H groups in total. The molecule has 118 valence electrons. The Hall–Kier alpha value is -2.13. The number of fused-ring (bicyclic) bond motifs is 2. The minimum Gasteiger partial charge on any atom is -0.361 e. The minimum absolute atomic E-state index is 0.849. The van der Waals surface area contributed by atoms with Gasteiger partial charge in [0.2, 0.25) is 0 Å². The third-order valence-corrected chi connectivity index (χ3v) is 4.77. The van der Waals surface area contributed by atoms with Crippen molar-refractivity contribution in [2.24, 2.45) is 0 Å². The molecule has 2 aromatic carbocycles. The second-order valence-corrected chi connectivity index (χ2v) is 6.55. The molecule has 1 aliphatic rings. The predicted octanol–water partition coefficient (Wildman–Crippen LogP) is 4.34. The number of nitrogens with zero attached hydrogens (tertiary/aromatic N) is 2. The van der Waals surface area contributed by atoms with E-state index in [2.05, 4.69) is 59.6 Å². The van der Waals surface area contributed by atoms with Crippen molar-refractivity contribution >= 4 is 10.8 Å². The highest BCUT2D eigenvalue weighted by Gasteiger charge is 2.20. The van der Waals surface area contributed by atoms with Crippen molar-refractivity contribution in [2.45, 2.75) is 38.8 Å². The van der Waals surface area contributed by atoms with E-state index in [1.807, 2.05) is 0 Å². The van der Waals surface area contributed by atoms with Gasteiger partial charge in [0.25, 0.3) is 0 Å². The number of benzene rings is 2. The van der Waals surface area contributed by atoms with Gasteiger partial charge < -0.3 is 4.52 Å². The third-order valence-electron chi connectivity index (χ3n) is 4.77. The summed E-state index contributed by atoms with van der Waals surface area (Å²) in [7, 11) is 2.16. The maximum atomic E-state index is 5.53. The molecule has 0 atom stereocenters. The first-order valence-corrected chi connectivity index (χ1v) is 8.43. The van der Waals surface area contributed by atoms with Gasteiger partial charge >= 0.3 is 0 Å². The second-order valence-electron chi connectivity index (χ2n) is 6.55. The van der Waals surface area contributed by atoms with Crippen molar-refractivity contribution in [2.75, 3.05) is 7.05 Å². The van der Waals surface area contributed by atoms with Gasteiger partial charge in [-0.25, -0.2) is 0 Å². The van der Waals surface area contributed by atoms with E-state index in [1.165, 1.54) is 34.7 Å². The molecule has 0 saturated carbocycles. The Morgan fingerprint density at radius 1 is 1.00 bits per heavy atom. The van der Waals surface area contributed by atoms with Crippen LogP contribution in [0.1, 0.15) is 35.4 Å². The molecule has 0 fully saturated rings. The number of hydrogen-bond acceptors (Lipinski definition) is 3. The van der Waals surface area contributed by atoms with Gasteiger partial charge in [-0.2, -0.15) is 0 Å². The van der Waals surface area contributed by atoms with Crippen LogP contribution in [0.15, 0.2) is 47.0 Å². The SMILES string of the molecule is CN(Cc1noc2c1CCCC2)Cc1cccc2ccccc12. The van der Waals surface area contributed by atoms with E-state index in [-0.39, 0.29) is 0 Å². The molecule has 4 rings (SSSR count). The lowest BCUT2D eigenvalue weighted by molar-refractivity contribution is 0.301. The van der Waals surface area contributed by atoms with Crippen molar-refractivity contribution in [3.05, 3.63) is 65.0 Å². The number of aromatic nitrogens is 1. The van der Waals surface area contributed by atoms with E-state index in [0.29, 0.717) is 0 Å². The maximum absolute atomic E-state index is 5.53. The van der Waals surface area contributed by atoms with Crippen LogP contribution in [0.3, 0.4) is 0 Å². The monoisotopic (exact) mass is 306 g/mol. The average molecular weight is 306 g/mol. The van der Waals surface area contributed by atoms with Gasteiger partial charge in [0.1, 0.15) is 11.5 Å². The van der Waals surface area contributed by atoms with Crippen LogP contribution in [0.2, 0.25) is 0 Å². The Kier molecular flexibility index (Phi) is 3.88. The van der Waals surface area contributed by atoms with Crippen molar-refractivity contribution in [1.82, 2.24) is 10.1 Å². The average Bonchev–Trinajstić information content (AvgIpc) is 2.98. The first-order chi connectivity index (χ1) is 11.3. The molecule has 0 aliphatic heterocycles. The topological polar surface area (TPSA) is 29.3 Å². The van der Waals surface area contributed by atoms with Gasteiger partial charge in [0, 0.05) is 25.1 Å². The molecule has 0 spiro atoms. The summed E-state index contributed by atoms with van der Waals surface area (Å²) in [4.78, 5) is 2.33. The third kappa shape index (κ3) is 2.89. The summed E-state index contributed by atoms with van der Waals surface area (Å²) in [6.45, 7) is 1.77. The summed E-state index contributed by atoms with van der Waals surface area (Å²) in [5.74, 6) is 1.12. The van der Waals surface area contributed by atoms with E-state index >= 15 is 0 Å². The molecule has 0 unspecified atom stereocenters. The Morgan fingerprint density at radius 3 is 2.78 bits per heavy atom. The van der Waals surface area contributed by atoms with Crippen LogP contribution in [0, 0.1) is 0 Å². The van der Waals surface area contributed by atoms with Crippen molar-refractivity contribution in [3.63, 3.8) is 0 Å². The van der Waals surface area contributed by atoms with Gasteiger partial charge in [-0.15, -0.1) is 0 Å². The Balaban J connectivity index is 1.53. The molecule has 0 amide bonds. The smallest absolute Gasteiger partial charge is 0.140 e. The fourth-order valence-electron chi connectivity index (χ4n) is 3.61. The lowest BCUT2D eigenvalue weighted by Gasteiger charge is -2.18. The van der Waals surface area contributed by atoms with E-state index in [4.69, 9.17) is 4.52 Å². The predicted molar refractivity (Wildman–Crippen MR) is 92.3 cm³/mol. The van der Waals surface area contributed by atoms with Crippen molar-refractivity contribution < 1.29 is 4.52 Å². The summed E-state index contributed by atoms with van der Waals surface area (Å²) in [6.07, 6.45) is 4.66. The summed E-state index contributed by atoms with van der Waals surface area (Å²) in [5.41, 5.74) is 3.85. The van der Waals surface area contributed by atoms with Crippen LogP contribution in [0.25, 0.3) is 10.8 Å². The van der Waals surface area contributed by atoms with Crippen LogP contribution in [-0.2, 0) is 25.9 Å². The normalized spacial score (nSPS) is 14.3. The zero-order valence-corrected chi connectivity index (χ0v) is 13.6. The Morgan fingerprint density at radius 2 is 1.83 bits per heavy atom. The Labute approximate surface area is 136 Å². The quantitative estimate of drug-likeness (QED) is 0.718. The van der Waals surface area contributed by atoms with Crippen molar-refractivity contribution in [1.29, 1.82) is 0 Å². The highest BCUT2D eigenvalue weighted by molar-refractivity contribution is 5.85. The standard InChI is InChI=1S/C20H22N2O/c1-22(14-19-18-11-4-5-12-20(18)23-21-19)13-16-9-6-8-15-7-2-3-10-17(15)16/h2-3,6-10H,4-5,11-14H2,1H3. The summed E-state index contributed by atoms with van der Waals surface area (Å²) < 4.78 is 5.53. The van der Waals surface area contributed by atoms with Gasteiger partial charge in [0.05, 0.1) is 0 Å². The molecule has 1 aromatic heterocycles. The zero-order chi connectivity index (χ0) is 15.6. The zero-order valence-electron chi connectivity index (χ0n) is 13.6. The second kappa shape index (κ2) is 6.17. The molecule has 0 radical (unpaired) electrons. The molecule has 3 nitrogen and oxygen atoms in total. The van der Waals surface area contributed by atoms with Gasteiger partial charge in [-0.1, -0.05) is 47.6 Å². The molecule has 0 saturated heterocycles. The highest BCUT2D eigenvalue weighted by atomic mass is 16.5. The van der Waals surface area contributed by atoms with E-state index in [0.717, 1.165) is 37.4 Å².